The Hall–Kier alpha value is -4.67. The van der Waals surface area contributed by atoms with Crippen LogP contribution in [-0.4, -0.2) is 24.5 Å². The molecule has 1 aliphatic rings. The molecule has 0 N–H and O–H groups in total. The van der Waals surface area contributed by atoms with Gasteiger partial charge in [0.2, 0.25) is 0 Å². The maximum Gasteiger partial charge on any atom is 0.343 e. The molecule has 4 amide bonds. The first-order valence-corrected chi connectivity index (χ1v) is 16.0. The highest BCUT2D eigenvalue weighted by Gasteiger charge is 2.44. The van der Waals surface area contributed by atoms with E-state index in [1.54, 1.807) is 42.5 Å². The number of carbonyl (C=O) groups is 3. The first kappa shape index (κ1) is 31.3. The van der Waals surface area contributed by atoms with E-state index in [0.29, 0.717) is 49.0 Å². The lowest BCUT2D eigenvalue weighted by Crippen LogP contribution is -2.57. The number of carbonyl (C=O) groups excluding carboxylic acids is 3. The van der Waals surface area contributed by atoms with Crippen LogP contribution in [0.2, 0.25) is 5.02 Å². The molecule has 0 atom stereocenters. The van der Waals surface area contributed by atoms with Gasteiger partial charge in [-0.15, -0.1) is 0 Å². The molecule has 1 heterocycles. The summed E-state index contributed by atoms with van der Waals surface area (Å²) in [6.45, 7) is 4.36. The van der Waals surface area contributed by atoms with Crippen molar-refractivity contribution in [1.29, 1.82) is 0 Å². The number of urea groups is 1. The third-order valence-electron chi connectivity index (χ3n) is 7.52. The molecule has 6 rings (SSSR count). The molecule has 5 aromatic carbocycles. The van der Waals surface area contributed by atoms with Crippen LogP contribution in [0.25, 0.3) is 16.8 Å². The van der Waals surface area contributed by atoms with Gasteiger partial charge in [0.1, 0.15) is 12.2 Å². The summed E-state index contributed by atoms with van der Waals surface area (Å²) in [4.78, 5) is 44.4. The molecule has 9 heteroatoms. The third kappa shape index (κ3) is 6.10. The molecule has 1 fully saturated rings. The van der Waals surface area contributed by atoms with Crippen LogP contribution < -0.4 is 19.3 Å². The zero-order chi connectivity index (χ0) is 32.4. The average molecular weight is 743 g/mol. The van der Waals surface area contributed by atoms with Crippen molar-refractivity contribution in [2.75, 3.05) is 16.4 Å². The lowest BCUT2D eigenvalue weighted by Gasteiger charge is -2.34. The summed E-state index contributed by atoms with van der Waals surface area (Å²) in [6, 6.07) is 30.1. The van der Waals surface area contributed by atoms with Gasteiger partial charge in [-0.3, -0.25) is 9.59 Å². The number of fused-ring (bicyclic) bond motifs is 1. The van der Waals surface area contributed by atoms with E-state index in [1.165, 1.54) is 6.08 Å². The summed E-state index contributed by atoms with van der Waals surface area (Å²) >= 11 is 8.48. The van der Waals surface area contributed by atoms with Gasteiger partial charge in [-0.2, -0.15) is 0 Å². The summed E-state index contributed by atoms with van der Waals surface area (Å²) in [7, 11) is 0. The van der Waals surface area contributed by atoms with Crippen LogP contribution in [0.15, 0.2) is 109 Å². The van der Waals surface area contributed by atoms with Crippen molar-refractivity contribution in [2.24, 2.45) is 0 Å². The second-order valence-corrected chi connectivity index (χ2v) is 12.2. The number of halogens is 2. The Morgan fingerprint density at radius 1 is 0.804 bits per heavy atom. The SMILES string of the molecule is CCOc1cc(/C=C2\C(=O)N(c3ccc(C)cc3)C(=O)N(c3cccc4ccccc34)C2=O)cc(I)c1OCc1ccccc1Cl. The monoisotopic (exact) mass is 742 g/mol. The Morgan fingerprint density at radius 3 is 2.26 bits per heavy atom. The van der Waals surface area contributed by atoms with Gasteiger partial charge in [0.25, 0.3) is 11.8 Å². The van der Waals surface area contributed by atoms with Gasteiger partial charge in [0, 0.05) is 16.0 Å². The molecular weight excluding hydrogens is 715 g/mol. The number of hydrogen-bond donors (Lipinski definition) is 0. The van der Waals surface area contributed by atoms with Gasteiger partial charge in [0.15, 0.2) is 11.5 Å². The quantitative estimate of drug-likeness (QED) is 0.0902. The van der Waals surface area contributed by atoms with Crippen molar-refractivity contribution < 1.29 is 23.9 Å². The number of benzene rings is 5. The first-order valence-electron chi connectivity index (χ1n) is 14.6. The van der Waals surface area contributed by atoms with E-state index in [0.717, 1.165) is 26.3 Å². The van der Waals surface area contributed by atoms with Gasteiger partial charge in [-0.1, -0.05) is 83.9 Å². The molecule has 230 valence electrons. The third-order valence-corrected chi connectivity index (χ3v) is 8.69. The summed E-state index contributed by atoms with van der Waals surface area (Å²) in [6.07, 6.45) is 1.50. The fourth-order valence-corrected chi connectivity index (χ4v) is 6.24. The predicted octanol–water partition coefficient (Wildman–Crippen LogP) is 8.97. The second kappa shape index (κ2) is 13.4. The Morgan fingerprint density at radius 2 is 1.50 bits per heavy atom. The van der Waals surface area contributed by atoms with E-state index >= 15 is 0 Å². The number of aryl methyl sites for hydroxylation is 1. The number of anilines is 2. The van der Waals surface area contributed by atoms with Gasteiger partial charge >= 0.3 is 6.03 Å². The number of amides is 4. The molecule has 0 radical (unpaired) electrons. The lowest BCUT2D eigenvalue weighted by molar-refractivity contribution is -0.121. The van der Waals surface area contributed by atoms with Crippen LogP contribution in [-0.2, 0) is 16.2 Å². The van der Waals surface area contributed by atoms with Crippen LogP contribution >= 0.6 is 34.2 Å². The number of nitrogens with zero attached hydrogens (tertiary/aromatic N) is 2. The van der Waals surface area contributed by atoms with Gasteiger partial charge in [-0.25, -0.2) is 14.6 Å². The van der Waals surface area contributed by atoms with Crippen LogP contribution in [0.1, 0.15) is 23.6 Å². The molecule has 1 saturated heterocycles. The van der Waals surface area contributed by atoms with Crippen LogP contribution in [0.4, 0.5) is 16.2 Å². The summed E-state index contributed by atoms with van der Waals surface area (Å²) in [5.74, 6) is -0.481. The Kier molecular flexibility index (Phi) is 9.10. The van der Waals surface area contributed by atoms with Gasteiger partial charge in [0.05, 0.1) is 21.6 Å². The number of rotatable bonds is 8. The van der Waals surface area contributed by atoms with Gasteiger partial charge < -0.3 is 9.47 Å². The standard InChI is InChI=1S/C37H28ClIN2O5/c1-3-45-33-21-24(20-31(39)34(33)46-22-26-10-5-7-13-30(26)38)19-29-35(42)40(27-17-15-23(2)16-18-27)37(44)41(36(29)43)32-14-8-11-25-9-4-6-12-28(25)32/h4-21H,3,22H2,1-2H3/b29-19+. The van der Waals surface area contributed by atoms with Crippen molar-refractivity contribution in [1.82, 2.24) is 0 Å². The highest BCUT2D eigenvalue weighted by Crippen LogP contribution is 2.38. The number of imide groups is 2. The maximum absolute atomic E-state index is 14.2. The Bertz CT molecular complexity index is 2020. The van der Waals surface area contributed by atoms with Crippen LogP contribution in [0.3, 0.4) is 0 Å². The van der Waals surface area contributed by atoms with E-state index in [1.807, 2.05) is 74.5 Å². The van der Waals surface area contributed by atoms with E-state index in [4.69, 9.17) is 21.1 Å². The smallest absolute Gasteiger partial charge is 0.343 e. The highest BCUT2D eigenvalue weighted by atomic mass is 127. The highest BCUT2D eigenvalue weighted by molar-refractivity contribution is 14.1. The van der Waals surface area contributed by atoms with Gasteiger partial charge in [-0.05, 0) is 89.9 Å². The number of barbiturate groups is 1. The lowest BCUT2D eigenvalue weighted by atomic mass is 10.0. The zero-order valence-corrected chi connectivity index (χ0v) is 27.9. The van der Waals surface area contributed by atoms with Crippen molar-refractivity contribution in [3.05, 3.63) is 134 Å². The second-order valence-electron chi connectivity index (χ2n) is 10.6. The Balaban J connectivity index is 1.45. The zero-order valence-electron chi connectivity index (χ0n) is 25.0. The molecule has 0 aromatic heterocycles. The molecule has 0 spiro atoms. The minimum absolute atomic E-state index is 0.170. The van der Waals surface area contributed by atoms with E-state index < -0.39 is 17.8 Å². The molecule has 7 nitrogen and oxygen atoms in total. The van der Waals surface area contributed by atoms with Crippen LogP contribution in [0.5, 0.6) is 11.5 Å². The van der Waals surface area contributed by atoms with E-state index in [9.17, 15) is 14.4 Å². The first-order chi connectivity index (χ1) is 22.3. The molecule has 5 aromatic rings. The fourth-order valence-electron chi connectivity index (χ4n) is 5.27. The van der Waals surface area contributed by atoms with Crippen molar-refractivity contribution in [2.45, 2.75) is 20.5 Å². The van der Waals surface area contributed by atoms with E-state index in [2.05, 4.69) is 22.6 Å². The molecule has 0 unspecified atom stereocenters. The molecule has 0 saturated carbocycles. The summed E-state index contributed by atoms with van der Waals surface area (Å²) in [5, 5.41) is 2.15. The molecule has 0 bridgehead atoms. The predicted molar refractivity (Wildman–Crippen MR) is 190 cm³/mol. The summed E-state index contributed by atoms with van der Waals surface area (Å²) in [5.41, 5.74) is 2.89. The molecule has 0 aliphatic carbocycles. The maximum atomic E-state index is 14.2. The molecule has 46 heavy (non-hydrogen) atoms. The minimum atomic E-state index is -0.750. The number of hydrogen-bond acceptors (Lipinski definition) is 5. The van der Waals surface area contributed by atoms with Crippen molar-refractivity contribution in [3.8, 4) is 11.5 Å². The number of ether oxygens (including phenoxy) is 2. The fraction of sp³-hybridized carbons (Fsp3) is 0.108. The Labute approximate surface area is 285 Å². The van der Waals surface area contributed by atoms with Crippen LogP contribution in [0, 0.1) is 10.5 Å². The minimum Gasteiger partial charge on any atom is -0.490 e. The average Bonchev–Trinajstić information content (AvgIpc) is 3.05. The summed E-state index contributed by atoms with van der Waals surface area (Å²) < 4.78 is 12.8. The molecular formula is C37H28ClIN2O5. The topological polar surface area (TPSA) is 76.2 Å². The van der Waals surface area contributed by atoms with Crippen molar-refractivity contribution >= 4 is 80.3 Å². The van der Waals surface area contributed by atoms with Crippen molar-refractivity contribution in [3.63, 3.8) is 0 Å². The molecule has 1 aliphatic heterocycles. The normalized spacial score (nSPS) is 14.3. The van der Waals surface area contributed by atoms with E-state index in [-0.39, 0.29) is 12.2 Å². The largest absolute Gasteiger partial charge is 0.490 e.